The molecule has 0 fully saturated rings. The second-order valence-corrected chi connectivity index (χ2v) is 12.3. The Kier molecular flexibility index (Phi) is 6.39. The summed E-state index contributed by atoms with van der Waals surface area (Å²) in [4.78, 5) is 20.5. The highest BCUT2D eigenvalue weighted by Gasteiger charge is 2.21. The van der Waals surface area contributed by atoms with Gasteiger partial charge in [-0.3, -0.25) is 4.57 Å². The van der Waals surface area contributed by atoms with E-state index in [0.29, 0.717) is 17.5 Å². The Balaban J connectivity index is 1.21. The zero-order chi connectivity index (χ0) is 33.0. The molecular formula is C44H27N5O. The lowest BCUT2D eigenvalue weighted by Crippen LogP contribution is -2.02. The Morgan fingerprint density at radius 3 is 1.70 bits per heavy atom. The van der Waals surface area contributed by atoms with Gasteiger partial charge in [0, 0.05) is 38.4 Å². The Labute approximate surface area is 287 Å². The monoisotopic (exact) mass is 641 g/mol. The van der Waals surface area contributed by atoms with Crippen molar-refractivity contribution in [3.8, 4) is 51.1 Å². The third-order valence-electron chi connectivity index (χ3n) is 9.27. The normalized spacial score (nSPS) is 11.6. The number of fused-ring (bicyclic) bond motifs is 6. The zero-order valence-corrected chi connectivity index (χ0v) is 26.7. The van der Waals surface area contributed by atoms with E-state index in [1.165, 1.54) is 0 Å². The van der Waals surface area contributed by atoms with Crippen molar-refractivity contribution in [3.63, 3.8) is 0 Å². The van der Waals surface area contributed by atoms with Gasteiger partial charge in [0.15, 0.2) is 5.82 Å². The molecule has 0 atom stereocenters. The lowest BCUT2D eigenvalue weighted by atomic mass is 10.1. The Morgan fingerprint density at radius 1 is 0.420 bits per heavy atom. The van der Waals surface area contributed by atoms with Crippen LogP contribution >= 0.6 is 0 Å². The SMILES string of the molecule is c1ccc(-c2cc(-c3ccccc3)nc(-c3ccc4c(c3)c3ccccc3n4-c3nc(-c4ccccc4)c4c(n3)oc3ccccc34)n2)cc1. The summed E-state index contributed by atoms with van der Waals surface area (Å²) >= 11 is 0. The molecule has 0 unspecified atom stereocenters. The van der Waals surface area contributed by atoms with E-state index in [4.69, 9.17) is 24.4 Å². The molecule has 0 saturated heterocycles. The van der Waals surface area contributed by atoms with E-state index in [9.17, 15) is 0 Å². The second kappa shape index (κ2) is 11.4. The van der Waals surface area contributed by atoms with E-state index in [2.05, 4.69) is 95.6 Å². The third-order valence-corrected chi connectivity index (χ3v) is 9.27. The Hall–Kier alpha value is -6.92. The van der Waals surface area contributed by atoms with Crippen LogP contribution < -0.4 is 0 Å². The molecule has 50 heavy (non-hydrogen) atoms. The van der Waals surface area contributed by atoms with Gasteiger partial charge in [-0.25, -0.2) is 15.0 Å². The predicted molar refractivity (Wildman–Crippen MR) is 201 cm³/mol. The largest absolute Gasteiger partial charge is 0.437 e. The van der Waals surface area contributed by atoms with Crippen LogP contribution in [0.1, 0.15) is 0 Å². The standard InChI is InChI=1S/C44H27N5O/c1-4-14-28(15-5-1)35-27-36(29-16-6-2-7-17-29)46-42(45-35)31-24-25-38-34(26-31)32-20-10-12-22-37(32)49(38)44-47-41(30-18-8-3-9-19-30)40-33-21-11-13-23-39(33)50-43(40)48-44/h1-27H. The highest BCUT2D eigenvalue weighted by Crippen LogP contribution is 2.38. The topological polar surface area (TPSA) is 69.6 Å². The molecule has 4 aromatic heterocycles. The van der Waals surface area contributed by atoms with Gasteiger partial charge in [0.1, 0.15) is 5.58 Å². The number of para-hydroxylation sites is 2. The fourth-order valence-corrected chi connectivity index (χ4v) is 6.93. The van der Waals surface area contributed by atoms with Crippen molar-refractivity contribution in [1.82, 2.24) is 24.5 Å². The first-order valence-electron chi connectivity index (χ1n) is 16.6. The molecule has 0 radical (unpaired) electrons. The van der Waals surface area contributed by atoms with E-state index in [-0.39, 0.29) is 0 Å². The summed E-state index contributed by atoms with van der Waals surface area (Å²) in [6, 6.07) is 55.7. The lowest BCUT2D eigenvalue weighted by Gasteiger charge is -2.11. The number of nitrogens with zero attached hydrogens (tertiary/aromatic N) is 5. The number of benzene rings is 6. The van der Waals surface area contributed by atoms with Crippen LogP contribution in [0, 0.1) is 0 Å². The van der Waals surface area contributed by atoms with Gasteiger partial charge in [-0.05, 0) is 36.4 Å². The fourth-order valence-electron chi connectivity index (χ4n) is 6.93. The molecule has 0 amide bonds. The van der Waals surface area contributed by atoms with Gasteiger partial charge < -0.3 is 4.42 Å². The predicted octanol–water partition coefficient (Wildman–Crippen LogP) is 10.9. The van der Waals surface area contributed by atoms with Crippen LogP contribution in [0.25, 0.3) is 95.0 Å². The van der Waals surface area contributed by atoms with Crippen molar-refractivity contribution < 1.29 is 4.42 Å². The summed E-state index contributed by atoms with van der Waals surface area (Å²) in [7, 11) is 0. The number of hydrogen-bond donors (Lipinski definition) is 0. The van der Waals surface area contributed by atoms with Gasteiger partial charge in [0.05, 0.1) is 33.5 Å². The number of aromatic nitrogens is 5. The molecule has 0 bridgehead atoms. The minimum Gasteiger partial charge on any atom is -0.437 e. The first-order valence-corrected chi connectivity index (χ1v) is 16.6. The van der Waals surface area contributed by atoms with Crippen molar-refractivity contribution in [3.05, 3.63) is 164 Å². The van der Waals surface area contributed by atoms with Gasteiger partial charge in [0.2, 0.25) is 11.7 Å². The number of rotatable bonds is 5. The molecule has 6 heteroatoms. The molecule has 234 valence electrons. The highest BCUT2D eigenvalue weighted by atomic mass is 16.3. The third kappa shape index (κ3) is 4.58. The summed E-state index contributed by atoms with van der Waals surface area (Å²) in [6.07, 6.45) is 0. The minimum absolute atomic E-state index is 0.544. The summed E-state index contributed by atoms with van der Waals surface area (Å²) < 4.78 is 8.50. The van der Waals surface area contributed by atoms with Crippen LogP contribution in [0.4, 0.5) is 0 Å². The Bertz CT molecular complexity index is 2800. The number of furan rings is 1. The van der Waals surface area contributed by atoms with Gasteiger partial charge in [0.25, 0.3) is 0 Å². The van der Waals surface area contributed by atoms with Crippen molar-refractivity contribution >= 4 is 43.9 Å². The fraction of sp³-hybridized carbons (Fsp3) is 0. The van der Waals surface area contributed by atoms with E-state index in [1.807, 2.05) is 72.8 Å². The van der Waals surface area contributed by atoms with E-state index >= 15 is 0 Å². The van der Waals surface area contributed by atoms with Crippen molar-refractivity contribution in [2.45, 2.75) is 0 Å². The molecule has 0 aliphatic rings. The average molecular weight is 642 g/mol. The lowest BCUT2D eigenvalue weighted by molar-refractivity contribution is 0.651. The first kappa shape index (κ1) is 28.1. The molecule has 0 aliphatic carbocycles. The average Bonchev–Trinajstić information content (AvgIpc) is 3.74. The van der Waals surface area contributed by atoms with Crippen molar-refractivity contribution in [2.75, 3.05) is 0 Å². The van der Waals surface area contributed by atoms with Crippen molar-refractivity contribution in [1.29, 1.82) is 0 Å². The maximum absolute atomic E-state index is 6.37. The van der Waals surface area contributed by atoms with Crippen LogP contribution in [0.3, 0.4) is 0 Å². The maximum Gasteiger partial charge on any atom is 0.238 e. The van der Waals surface area contributed by atoms with Gasteiger partial charge in [-0.2, -0.15) is 4.98 Å². The molecule has 10 rings (SSSR count). The van der Waals surface area contributed by atoms with Gasteiger partial charge in [-0.15, -0.1) is 0 Å². The van der Waals surface area contributed by atoms with Gasteiger partial charge in [-0.1, -0.05) is 127 Å². The van der Waals surface area contributed by atoms with E-state index in [1.54, 1.807) is 0 Å². The molecule has 4 heterocycles. The first-order chi connectivity index (χ1) is 24.8. The minimum atomic E-state index is 0.544. The quantitative estimate of drug-likeness (QED) is 0.187. The van der Waals surface area contributed by atoms with Crippen LogP contribution in [0.15, 0.2) is 168 Å². The molecular weight excluding hydrogens is 615 g/mol. The molecule has 0 saturated carbocycles. The maximum atomic E-state index is 6.37. The van der Waals surface area contributed by atoms with Crippen LogP contribution in [0.5, 0.6) is 0 Å². The molecule has 6 nitrogen and oxygen atoms in total. The Morgan fingerprint density at radius 2 is 1.00 bits per heavy atom. The number of hydrogen-bond acceptors (Lipinski definition) is 5. The summed E-state index contributed by atoms with van der Waals surface area (Å²) in [6.45, 7) is 0. The molecule has 0 aliphatic heterocycles. The summed E-state index contributed by atoms with van der Waals surface area (Å²) in [5.74, 6) is 1.21. The highest BCUT2D eigenvalue weighted by molar-refractivity contribution is 6.12. The van der Waals surface area contributed by atoms with Crippen LogP contribution in [-0.4, -0.2) is 24.5 Å². The summed E-state index contributed by atoms with van der Waals surface area (Å²) in [5.41, 5.74) is 9.90. The molecule has 6 aromatic carbocycles. The van der Waals surface area contributed by atoms with Crippen molar-refractivity contribution in [2.24, 2.45) is 0 Å². The molecule has 0 spiro atoms. The zero-order valence-electron chi connectivity index (χ0n) is 26.7. The molecule has 0 N–H and O–H groups in total. The van der Waals surface area contributed by atoms with Crippen LogP contribution in [-0.2, 0) is 0 Å². The second-order valence-electron chi connectivity index (χ2n) is 12.3. The van der Waals surface area contributed by atoms with Crippen LogP contribution in [0.2, 0.25) is 0 Å². The smallest absolute Gasteiger partial charge is 0.238 e. The van der Waals surface area contributed by atoms with Gasteiger partial charge >= 0.3 is 0 Å². The van der Waals surface area contributed by atoms with E-state index in [0.717, 1.165) is 77.5 Å². The summed E-state index contributed by atoms with van der Waals surface area (Å²) in [5, 5.41) is 4.04. The molecule has 10 aromatic rings. The van der Waals surface area contributed by atoms with E-state index < -0.39 is 0 Å².